The van der Waals surface area contributed by atoms with Crippen molar-refractivity contribution in [3.8, 4) is 45.4 Å². The van der Waals surface area contributed by atoms with Crippen LogP contribution >= 0.6 is 11.3 Å². The van der Waals surface area contributed by atoms with Gasteiger partial charge >= 0.3 is 0 Å². The minimum absolute atomic E-state index is 0.598. The topological polar surface area (TPSA) is 64.7 Å². The molecule has 0 amide bonds. The molecule has 0 radical (unpaired) electrons. The quantitative estimate of drug-likeness (QED) is 0.169. The van der Waals surface area contributed by atoms with Crippen molar-refractivity contribution >= 4 is 85.9 Å². The second kappa shape index (κ2) is 12.1. The lowest BCUT2D eigenvalue weighted by Crippen LogP contribution is -2.01. The van der Waals surface area contributed by atoms with Crippen LogP contribution in [0.3, 0.4) is 0 Å². The average molecular weight is 733 g/mol. The van der Waals surface area contributed by atoms with E-state index in [2.05, 4.69) is 152 Å². The number of fused-ring (bicyclic) bond motifs is 11. The summed E-state index contributed by atoms with van der Waals surface area (Å²) in [7, 11) is 0. The fourth-order valence-electron chi connectivity index (χ4n) is 8.30. The van der Waals surface area contributed by atoms with Crippen LogP contribution in [0.1, 0.15) is 0 Å². The highest BCUT2D eigenvalue weighted by Gasteiger charge is 2.20. The van der Waals surface area contributed by atoms with Crippen LogP contribution in [0.25, 0.3) is 120 Å². The van der Waals surface area contributed by atoms with Gasteiger partial charge in [0.2, 0.25) is 0 Å². The fraction of sp³-hybridized carbons (Fsp3) is 0. The monoisotopic (exact) mass is 732 g/mol. The smallest absolute Gasteiger partial charge is 0.164 e. The molecule has 0 bridgehead atoms. The second-order valence-electron chi connectivity index (χ2n) is 14.2. The first-order chi connectivity index (χ1) is 27.7. The maximum atomic E-state index is 6.43. The zero-order chi connectivity index (χ0) is 36.7. The molecule has 4 heterocycles. The third kappa shape index (κ3) is 4.79. The average Bonchev–Trinajstić information content (AvgIpc) is 3.84. The van der Waals surface area contributed by atoms with E-state index in [0.29, 0.717) is 17.5 Å². The van der Waals surface area contributed by atoms with Crippen molar-refractivity contribution < 1.29 is 4.42 Å². The summed E-state index contributed by atoms with van der Waals surface area (Å²) < 4.78 is 8.90. The third-order valence-corrected chi connectivity index (χ3v) is 12.0. The molecule has 260 valence electrons. The number of hydrogen-bond donors (Lipinski definition) is 0. The highest BCUT2D eigenvalue weighted by Crippen LogP contribution is 2.42. The molecule has 0 N–H and O–H groups in total. The van der Waals surface area contributed by atoms with E-state index in [1.807, 2.05) is 18.2 Å². The van der Waals surface area contributed by atoms with Gasteiger partial charge in [-0.05, 0) is 59.3 Å². The van der Waals surface area contributed by atoms with Crippen molar-refractivity contribution in [1.82, 2.24) is 19.9 Å². The lowest BCUT2D eigenvalue weighted by atomic mass is 9.95. The first kappa shape index (κ1) is 31.1. The van der Waals surface area contributed by atoms with Crippen LogP contribution < -0.4 is 0 Å². The molecule has 0 aliphatic carbocycles. The first-order valence-electron chi connectivity index (χ1n) is 18.6. The summed E-state index contributed by atoms with van der Waals surface area (Å²) in [5.74, 6) is 1.85. The van der Waals surface area contributed by atoms with Crippen molar-refractivity contribution in [2.45, 2.75) is 0 Å². The van der Waals surface area contributed by atoms with Crippen LogP contribution in [-0.2, 0) is 0 Å². The number of thiophene rings is 1. The van der Waals surface area contributed by atoms with E-state index in [4.69, 9.17) is 24.4 Å². The zero-order valence-electron chi connectivity index (χ0n) is 29.8. The van der Waals surface area contributed by atoms with Crippen LogP contribution in [0.5, 0.6) is 0 Å². The lowest BCUT2D eigenvalue weighted by molar-refractivity contribution is 0.669. The molecule has 0 spiro atoms. The van der Waals surface area contributed by atoms with Gasteiger partial charge in [-0.25, -0.2) is 19.9 Å². The number of para-hydroxylation sites is 1. The van der Waals surface area contributed by atoms with Gasteiger partial charge in [0.15, 0.2) is 17.5 Å². The van der Waals surface area contributed by atoms with Crippen molar-refractivity contribution in [2.75, 3.05) is 0 Å². The lowest BCUT2D eigenvalue weighted by Gasteiger charge is -2.13. The molecule has 0 saturated carbocycles. The Bertz CT molecular complexity index is 3550. The Hall–Kier alpha value is -7.28. The molecule has 0 unspecified atom stereocenters. The van der Waals surface area contributed by atoms with E-state index in [-0.39, 0.29) is 0 Å². The summed E-state index contributed by atoms with van der Waals surface area (Å²) in [6, 6.07) is 59.1. The van der Waals surface area contributed by atoms with Gasteiger partial charge in [0.25, 0.3) is 0 Å². The largest absolute Gasteiger partial charge is 0.456 e. The first-order valence-corrected chi connectivity index (χ1v) is 19.4. The van der Waals surface area contributed by atoms with E-state index < -0.39 is 0 Å². The molecule has 4 aromatic heterocycles. The van der Waals surface area contributed by atoms with Gasteiger partial charge < -0.3 is 4.42 Å². The normalized spacial score (nSPS) is 11.9. The SMILES string of the molecule is c1ccc(-c2nc3ccc(-c4nc(-c5ccc6c(c5)sc5ccccc56)nc(-c5cccc6ccccc56)n4)cc3c3c2ccc2oc4ccccc4c23)cc1. The highest BCUT2D eigenvalue weighted by atomic mass is 32.1. The second-order valence-corrected chi connectivity index (χ2v) is 15.2. The van der Waals surface area contributed by atoms with Gasteiger partial charge in [0.05, 0.1) is 11.2 Å². The van der Waals surface area contributed by atoms with Crippen LogP contribution in [-0.4, -0.2) is 19.9 Å². The summed E-state index contributed by atoms with van der Waals surface area (Å²) in [4.78, 5) is 21.0. The molecule has 56 heavy (non-hydrogen) atoms. The van der Waals surface area contributed by atoms with Gasteiger partial charge in [0.1, 0.15) is 11.2 Å². The Morgan fingerprint density at radius 3 is 1.95 bits per heavy atom. The van der Waals surface area contributed by atoms with E-state index in [1.54, 1.807) is 11.3 Å². The van der Waals surface area contributed by atoms with E-state index in [9.17, 15) is 0 Å². The van der Waals surface area contributed by atoms with Crippen LogP contribution in [0.2, 0.25) is 0 Å². The molecule has 0 atom stereocenters. The maximum Gasteiger partial charge on any atom is 0.164 e. The summed E-state index contributed by atoms with van der Waals surface area (Å²) in [5, 5.41) is 10.0. The molecule has 0 aliphatic rings. The highest BCUT2D eigenvalue weighted by molar-refractivity contribution is 7.25. The Morgan fingerprint density at radius 2 is 1.05 bits per heavy atom. The van der Waals surface area contributed by atoms with Crippen LogP contribution in [0.4, 0.5) is 0 Å². The Kier molecular flexibility index (Phi) is 6.73. The number of aromatic nitrogens is 4. The molecule has 8 aromatic carbocycles. The molecule has 0 saturated heterocycles. The molecular weight excluding hydrogens is 705 g/mol. The number of rotatable bonds is 4. The predicted octanol–water partition coefficient (Wildman–Crippen LogP) is 13.7. The minimum Gasteiger partial charge on any atom is -0.456 e. The van der Waals surface area contributed by atoms with Gasteiger partial charge in [-0.2, -0.15) is 0 Å². The summed E-state index contributed by atoms with van der Waals surface area (Å²) in [6.45, 7) is 0. The van der Waals surface area contributed by atoms with Crippen molar-refractivity contribution in [1.29, 1.82) is 0 Å². The third-order valence-electron chi connectivity index (χ3n) is 10.9. The van der Waals surface area contributed by atoms with Gasteiger partial charge in [0, 0.05) is 69.4 Å². The molecule has 12 rings (SSSR count). The van der Waals surface area contributed by atoms with Crippen LogP contribution in [0, 0.1) is 0 Å². The molecule has 6 heteroatoms. The summed E-state index contributed by atoms with van der Waals surface area (Å²) in [5.41, 5.74) is 7.37. The van der Waals surface area contributed by atoms with Gasteiger partial charge in [-0.3, -0.25) is 0 Å². The number of hydrogen-bond acceptors (Lipinski definition) is 6. The van der Waals surface area contributed by atoms with Crippen LogP contribution in [0.15, 0.2) is 174 Å². The molecular formula is C50H28N4OS. The van der Waals surface area contributed by atoms with E-state index >= 15 is 0 Å². The minimum atomic E-state index is 0.598. The van der Waals surface area contributed by atoms with E-state index in [1.165, 1.54) is 20.2 Å². The van der Waals surface area contributed by atoms with E-state index in [0.717, 1.165) is 82.3 Å². The fourth-order valence-corrected chi connectivity index (χ4v) is 9.45. The van der Waals surface area contributed by atoms with Gasteiger partial charge in [-0.1, -0.05) is 121 Å². The zero-order valence-corrected chi connectivity index (χ0v) is 30.6. The van der Waals surface area contributed by atoms with Gasteiger partial charge in [-0.15, -0.1) is 11.3 Å². The number of benzene rings is 8. The Balaban J connectivity index is 1.14. The maximum absolute atomic E-state index is 6.43. The summed E-state index contributed by atoms with van der Waals surface area (Å²) in [6.07, 6.45) is 0. The Morgan fingerprint density at radius 1 is 0.375 bits per heavy atom. The molecule has 12 aromatic rings. The predicted molar refractivity (Wildman–Crippen MR) is 232 cm³/mol. The van der Waals surface area contributed by atoms with Crippen molar-refractivity contribution in [2.24, 2.45) is 0 Å². The molecule has 0 fully saturated rings. The Labute approximate surface area is 324 Å². The number of nitrogens with zero attached hydrogens (tertiary/aromatic N) is 4. The molecule has 5 nitrogen and oxygen atoms in total. The summed E-state index contributed by atoms with van der Waals surface area (Å²) >= 11 is 1.79. The number of pyridine rings is 1. The standard InChI is InChI=1S/C50H28N4OS/c1-2-12-30(13-3-1)47-38-24-26-42-46(37-17-6-8-19-41(37)55-42)45(38)39-27-31(22-25-40(39)51-47)48-52-49(32-21-23-35-34-16-7-9-20-43(34)56-44(35)28-32)54-50(53-48)36-18-10-14-29-11-4-5-15-33(29)36/h1-28H. The number of furan rings is 1. The molecule has 0 aliphatic heterocycles. The van der Waals surface area contributed by atoms with Crippen molar-refractivity contribution in [3.05, 3.63) is 170 Å². The van der Waals surface area contributed by atoms with Crippen molar-refractivity contribution in [3.63, 3.8) is 0 Å².